The minimum absolute atomic E-state index is 0. The van der Waals surface area contributed by atoms with E-state index in [0.29, 0.717) is 39.7 Å². The zero-order valence-corrected chi connectivity index (χ0v) is 19.1. The largest absolute Gasteiger partial charge is 0.490 e. The fraction of sp³-hybridized carbons (Fsp3) is 0.400. The molecule has 2 aromatic carbocycles. The molecule has 0 aliphatic carbocycles. The molecule has 0 aliphatic rings. The highest BCUT2D eigenvalue weighted by molar-refractivity contribution is 6.35. The molecule has 0 radical (unpaired) electrons. The maximum absolute atomic E-state index is 9.38. The van der Waals surface area contributed by atoms with Crippen LogP contribution in [0.25, 0.3) is 0 Å². The maximum Gasteiger partial charge on any atom is 0.180 e. The summed E-state index contributed by atoms with van der Waals surface area (Å²) in [5.74, 6) is 1.03. The fourth-order valence-corrected chi connectivity index (χ4v) is 3.06. The van der Waals surface area contributed by atoms with Gasteiger partial charge in [0, 0.05) is 27.7 Å². The van der Waals surface area contributed by atoms with Gasteiger partial charge < -0.3 is 19.9 Å². The number of hydrogen-bond donors (Lipinski definition) is 2. The molecule has 0 amide bonds. The van der Waals surface area contributed by atoms with Crippen LogP contribution in [0.15, 0.2) is 30.3 Å². The molecule has 0 heterocycles. The average molecular weight is 469 g/mol. The summed E-state index contributed by atoms with van der Waals surface area (Å²) in [4.78, 5) is 0. The van der Waals surface area contributed by atoms with Crippen LogP contribution < -0.4 is 14.8 Å². The zero-order valence-electron chi connectivity index (χ0n) is 16.0. The summed E-state index contributed by atoms with van der Waals surface area (Å²) in [5.41, 5.74) is 1.34. The summed E-state index contributed by atoms with van der Waals surface area (Å²) in [6.45, 7) is 7.03. The van der Waals surface area contributed by atoms with Gasteiger partial charge in [-0.3, -0.25) is 0 Å². The Kier molecular flexibility index (Phi) is 10.2. The molecular formula is C20H25Cl4NO3. The quantitative estimate of drug-likeness (QED) is 0.480. The van der Waals surface area contributed by atoms with Crippen molar-refractivity contribution in [2.24, 2.45) is 0 Å². The topological polar surface area (TPSA) is 50.7 Å². The molecule has 156 valence electrons. The van der Waals surface area contributed by atoms with Crippen molar-refractivity contribution in [3.05, 3.63) is 56.5 Å². The van der Waals surface area contributed by atoms with Gasteiger partial charge in [-0.2, -0.15) is 0 Å². The van der Waals surface area contributed by atoms with Crippen molar-refractivity contribution in [2.75, 3.05) is 13.2 Å². The summed E-state index contributed by atoms with van der Waals surface area (Å²) < 4.78 is 11.6. The van der Waals surface area contributed by atoms with Crippen LogP contribution in [-0.2, 0) is 13.2 Å². The third-order valence-electron chi connectivity index (χ3n) is 3.92. The second-order valence-electron chi connectivity index (χ2n) is 6.76. The van der Waals surface area contributed by atoms with Crippen LogP contribution in [0, 0.1) is 0 Å². The van der Waals surface area contributed by atoms with E-state index < -0.39 is 5.54 Å². The predicted octanol–water partition coefficient (Wildman–Crippen LogP) is 5.91. The fourth-order valence-electron chi connectivity index (χ4n) is 2.31. The van der Waals surface area contributed by atoms with E-state index in [1.165, 1.54) is 0 Å². The van der Waals surface area contributed by atoms with Gasteiger partial charge in [-0.15, -0.1) is 12.4 Å². The summed E-state index contributed by atoms with van der Waals surface area (Å²) in [6.07, 6.45) is 0. The van der Waals surface area contributed by atoms with Gasteiger partial charge in [0.2, 0.25) is 0 Å². The Bertz CT molecular complexity index is 784. The highest BCUT2D eigenvalue weighted by atomic mass is 35.5. The lowest BCUT2D eigenvalue weighted by Crippen LogP contribution is -2.42. The van der Waals surface area contributed by atoms with Gasteiger partial charge in [-0.25, -0.2) is 0 Å². The van der Waals surface area contributed by atoms with E-state index in [1.807, 2.05) is 39.0 Å². The van der Waals surface area contributed by atoms with Crippen molar-refractivity contribution >= 4 is 47.2 Å². The van der Waals surface area contributed by atoms with Crippen LogP contribution in [0.5, 0.6) is 11.5 Å². The molecule has 2 N–H and O–H groups in total. The van der Waals surface area contributed by atoms with Crippen LogP contribution in [0.1, 0.15) is 31.9 Å². The number of rotatable bonds is 9. The van der Waals surface area contributed by atoms with Crippen molar-refractivity contribution in [3.63, 3.8) is 0 Å². The smallest absolute Gasteiger partial charge is 0.180 e. The van der Waals surface area contributed by atoms with Gasteiger partial charge in [0.25, 0.3) is 0 Å². The van der Waals surface area contributed by atoms with E-state index in [4.69, 9.17) is 44.3 Å². The summed E-state index contributed by atoms with van der Waals surface area (Å²) in [7, 11) is 0. The van der Waals surface area contributed by atoms with Crippen molar-refractivity contribution in [1.82, 2.24) is 5.32 Å². The molecule has 0 spiro atoms. The monoisotopic (exact) mass is 467 g/mol. The van der Waals surface area contributed by atoms with E-state index >= 15 is 0 Å². The van der Waals surface area contributed by atoms with Crippen molar-refractivity contribution in [1.29, 1.82) is 0 Å². The van der Waals surface area contributed by atoms with Gasteiger partial charge in [0.1, 0.15) is 6.61 Å². The van der Waals surface area contributed by atoms with E-state index in [-0.39, 0.29) is 25.6 Å². The van der Waals surface area contributed by atoms with Crippen LogP contribution in [0.4, 0.5) is 0 Å². The Morgan fingerprint density at radius 3 is 2.36 bits per heavy atom. The molecule has 28 heavy (non-hydrogen) atoms. The number of hydrogen-bond acceptors (Lipinski definition) is 4. The lowest BCUT2D eigenvalue weighted by Gasteiger charge is -2.24. The molecule has 0 unspecified atom stereocenters. The van der Waals surface area contributed by atoms with Crippen LogP contribution in [-0.4, -0.2) is 23.9 Å². The van der Waals surface area contributed by atoms with Gasteiger partial charge >= 0.3 is 0 Å². The van der Waals surface area contributed by atoms with Gasteiger partial charge in [-0.1, -0.05) is 40.9 Å². The second kappa shape index (κ2) is 11.3. The van der Waals surface area contributed by atoms with E-state index in [0.717, 1.165) is 11.1 Å². The first-order valence-electron chi connectivity index (χ1n) is 8.63. The lowest BCUT2D eigenvalue weighted by atomic mass is 10.1. The zero-order chi connectivity index (χ0) is 20.0. The normalized spacial score (nSPS) is 11.1. The van der Waals surface area contributed by atoms with E-state index in [1.54, 1.807) is 12.1 Å². The molecule has 0 aromatic heterocycles. The molecule has 0 saturated heterocycles. The van der Waals surface area contributed by atoms with Gasteiger partial charge in [0.15, 0.2) is 11.5 Å². The first-order chi connectivity index (χ1) is 12.8. The Morgan fingerprint density at radius 2 is 1.75 bits per heavy atom. The summed E-state index contributed by atoms with van der Waals surface area (Å²) >= 11 is 18.6. The SMILES string of the molecule is CCOc1cc(CNC(C)(C)CO)cc(Cl)c1OCc1ccc(Cl)cc1Cl.Cl. The molecule has 2 aromatic rings. The number of ether oxygens (including phenoxy) is 2. The first-order valence-corrected chi connectivity index (χ1v) is 9.77. The van der Waals surface area contributed by atoms with Crippen molar-refractivity contribution < 1.29 is 14.6 Å². The van der Waals surface area contributed by atoms with Crippen molar-refractivity contribution in [3.8, 4) is 11.5 Å². The molecule has 0 atom stereocenters. The van der Waals surface area contributed by atoms with Crippen LogP contribution >= 0.6 is 47.2 Å². The number of benzene rings is 2. The van der Waals surface area contributed by atoms with Crippen LogP contribution in [0.2, 0.25) is 15.1 Å². The third kappa shape index (κ3) is 7.18. The molecule has 4 nitrogen and oxygen atoms in total. The predicted molar refractivity (Wildman–Crippen MR) is 119 cm³/mol. The highest BCUT2D eigenvalue weighted by Crippen LogP contribution is 2.38. The minimum Gasteiger partial charge on any atom is -0.490 e. The lowest BCUT2D eigenvalue weighted by molar-refractivity contribution is 0.187. The number of aliphatic hydroxyl groups excluding tert-OH is 1. The molecule has 8 heteroatoms. The molecule has 0 bridgehead atoms. The Balaban J connectivity index is 0.00000392. The van der Waals surface area contributed by atoms with Crippen molar-refractivity contribution in [2.45, 2.75) is 39.5 Å². The Labute approximate surface area is 187 Å². The van der Waals surface area contributed by atoms with E-state index in [9.17, 15) is 5.11 Å². The average Bonchev–Trinajstić information content (AvgIpc) is 2.61. The summed E-state index contributed by atoms with van der Waals surface area (Å²) in [5, 5.41) is 14.2. The molecule has 0 fully saturated rings. The maximum atomic E-state index is 9.38. The number of aliphatic hydroxyl groups is 1. The third-order valence-corrected chi connectivity index (χ3v) is 4.79. The minimum atomic E-state index is -0.390. The second-order valence-corrected chi connectivity index (χ2v) is 8.01. The number of halogens is 4. The molecule has 2 rings (SSSR count). The Hall–Kier alpha value is -0.880. The number of nitrogens with one attached hydrogen (secondary N) is 1. The Morgan fingerprint density at radius 1 is 1.04 bits per heavy atom. The van der Waals surface area contributed by atoms with Gasteiger partial charge in [0.05, 0.1) is 18.2 Å². The van der Waals surface area contributed by atoms with Crippen LogP contribution in [0.3, 0.4) is 0 Å². The highest BCUT2D eigenvalue weighted by Gasteiger charge is 2.17. The molecule has 0 saturated carbocycles. The molecule has 0 aliphatic heterocycles. The van der Waals surface area contributed by atoms with E-state index in [2.05, 4.69) is 5.32 Å². The molecular weight excluding hydrogens is 444 g/mol. The standard InChI is InChI=1S/C20H24Cl3NO3.ClH/c1-4-26-18-8-13(10-24-20(2,3)12-25)7-17(23)19(18)27-11-14-5-6-15(21)9-16(14)22;/h5-9,24-25H,4,10-12H2,1-3H3;1H. The summed E-state index contributed by atoms with van der Waals surface area (Å²) in [6, 6.07) is 8.95. The van der Waals surface area contributed by atoms with Gasteiger partial charge in [-0.05, 0) is 50.6 Å². The first kappa shape index (κ1) is 25.2.